The number of thiazole rings is 1. The molecular formula is C18H19ClN4O3S. The van der Waals surface area contributed by atoms with Crippen molar-refractivity contribution in [2.75, 3.05) is 32.1 Å². The molecule has 0 N–H and O–H groups in total. The standard InChI is InChI=1S/C18H18N4O3S.ClH/c1-20(2)11-12-21(18-19-14-8-4-6-10-16(14)26-18)17(23)13-7-3-5-9-15(13)22(24)25;/h3-10H,11-12H2,1-2H3;1H. The lowest BCUT2D eigenvalue weighted by atomic mass is 10.1. The molecule has 0 aliphatic rings. The van der Waals surface area contributed by atoms with E-state index in [0.29, 0.717) is 18.2 Å². The van der Waals surface area contributed by atoms with Crippen LogP contribution in [0.4, 0.5) is 10.8 Å². The fourth-order valence-electron chi connectivity index (χ4n) is 2.52. The summed E-state index contributed by atoms with van der Waals surface area (Å²) in [5, 5.41) is 11.8. The first kappa shape index (κ1) is 20.8. The zero-order valence-electron chi connectivity index (χ0n) is 14.9. The Bertz CT molecular complexity index is 927. The second kappa shape index (κ2) is 8.90. The minimum Gasteiger partial charge on any atom is -0.308 e. The minimum absolute atomic E-state index is 0. The van der Waals surface area contributed by atoms with Crippen molar-refractivity contribution in [3.05, 3.63) is 64.2 Å². The van der Waals surface area contributed by atoms with E-state index < -0.39 is 10.8 Å². The van der Waals surface area contributed by atoms with Crippen LogP contribution in [0, 0.1) is 10.1 Å². The molecule has 0 aliphatic carbocycles. The van der Waals surface area contributed by atoms with Gasteiger partial charge in [0.15, 0.2) is 5.13 Å². The van der Waals surface area contributed by atoms with Crippen molar-refractivity contribution in [1.82, 2.24) is 9.88 Å². The van der Waals surface area contributed by atoms with Gasteiger partial charge in [0, 0.05) is 19.2 Å². The summed E-state index contributed by atoms with van der Waals surface area (Å²) >= 11 is 1.40. The molecule has 0 saturated carbocycles. The maximum absolute atomic E-state index is 13.1. The zero-order chi connectivity index (χ0) is 18.7. The van der Waals surface area contributed by atoms with Crippen LogP contribution in [0.1, 0.15) is 10.4 Å². The molecule has 27 heavy (non-hydrogen) atoms. The van der Waals surface area contributed by atoms with Gasteiger partial charge >= 0.3 is 0 Å². The number of amides is 1. The number of anilines is 1. The zero-order valence-corrected chi connectivity index (χ0v) is 16.5. The Morgan fingerprint density at radius 3 is 2.44 bits per heavy atom. The van der Waals surface area contributed by atoms with Crippen molar-refractivity contribution in [2.45, 2.75) is 0 Å². The Labute approximate surface area is 166 Å². The number of carbonyl (C=O) groups excluding carboxylic acids is 1. The first-order valence-corrected chi connectivity index (χ1v) is 8.84. The van der Waals surface area contributed by atoms with Crippen LogP contribution in [0.2, 0.25) is 0 Å². The number of aromatic nitrogens is 1. The molecule has 3 aromatic rings. The van der Waals surface area contributed by atoms with Crippen molar-refractivity contribution in [3.63, 3.8) is 0 Å². The SMILES string of the molecule is CN(C)CCN(C(=O)c1ccccc1[N+](=O)[O-])c1nc2ccccc2s1.Cl. The summed E-state index contributed by atoms with van der Waals surface area (Å²) in [6, 6.07) is 13.6. The molecule has 0 fully saturated rings. The van der Waals surface area contributed by atoms with Gasteiger partial charge in [0.05, 0.1) is 15.1 Å². The molecule has 0 radical (unpaired) electrons. The Morgan fingerprint density at radius 1 is 1.11 bits per heavy atom. The number of carbonyl (C=O) groups is 1. The second-order valence-electron chi connectivity index (χ2n) is 6.00. The first-order chi connectivity index (χ1) is 12.5. The maximum atomic E-state index is 13.1. The van der Waals surface area contributed by atoms with Crippen LogP contribution in [-0.2, 0) is 0 Å². The highest BCUT2D eigenvalue weighted by molar-refractivity contribution is 7.22. The summed E-state index contributed by atoms with van der Waals surface area (Å²) in [6.07, 6.45) is 0. The monoisotopic (exact) mass is 406 g/mol. The first-order valence-electron chi connectivity index (χ1n) is 8.03. The fraction of sp³-hybridized carbons (Fsp3) is 0.222. The molecule has 1 heterocycles. The number of para-hydroxylation sites is 2. The fourth-order valence-corrected chi connectivity index (χ4v) is 3.51. The van der Waals surface area contributed by atoms with E-state index in [2.05, 4.69) is 4.98 Å². The largest absolute Gasteiger partial charge is 0.308 e. The molecule has 0 aliphatic heterocycles. The number of hydrogen-bond acceptors (Lipinski definition) is 6. The summed E-state index contributed by atoms with van der Waals surface area (Å²) in [7, 11) is 3.82. The van der Waals surface area contributed by atoms with E-state index in [1.807, 2.05) is 43.3 Å². The van der Waals surface area contributed by atoms with Crippen LogP contribution in [0.25, 0.3) is 10.2 Å². The molecule has 0 unspecified atom stereocenters. The third-order valence-corrected chi connectivity index (χ3v) is 4.92. The third kappa shape index (κ3) is 4.60. The summed E-state index contributed by atoms with van der Waals surface area (Å²) < 4.78 is 0.965. The lowest BCUT2D eigenvalue weighted by Gasteiger charge is -2.21. The number of rotatable bonds is 6. The number of fused-ring (bicyclic) bond motifs is 1. The summed E-state index contributed by atoms with van der Waals surface area (Å²) in [5.74, 6) is -0.418. The number of nitro groups is 1. The van der Waals surface area contributed by atoms with Gasteiger partial charge in [-0.25, -0.2) is 4.98 Å². The lowest BCUT2D eigenvalue weighted by molar-refractivity contribution is -0.385. The Morgan fingerprint density at radius 2 is 1.78 bits per heavy atom. The van der Waals surface area contributed by atoms with Crippen LogP contribution in [0.3, 0.4) is 0 Å². The Hall–Kier alpha value is -2.55. The molecule has 9 heteroatoms. The Kier molecular flexibility index (Phi) is 6.84. The van der Waals surface area contributed by atoms with Crippen molar-refractivity contribution in [2.24, 2.45) is 0 Å². The predicted molar refractivity (Wildman–Crippen MR) is 110 cm³/mol. The molecule has 0 bridgehead atoms. The molecule has 142 valence electrons. The minimum atomic E-state index is -0.532. The molecule has 1 aromatic heterocycles. The number of nitrogens with zero attached hydrogens (tertiary/aromatic N) is 4. The van der Waals surface area contributed by atoms with Gasteiger partial charge in [-0.2, -0.15) is 0 Å². The van der Waals surface area contributed by atoms with Crippen LogP contribution in [0.15, 0.2) is 48.5 Å². The molecule has 1 amide bonds. The van der Waals surface area contributed by atoms with Gasteiger partial charge in [-0.3, -0.25) is 19.8 Å². The molecular weight excluding hydrogens is 388 g/mol. The van der Waals surface area contributed by atoms with Crippen LogP contribution in [-0.4, -0.2) is 47.9 Å². The summed E-state index contributed by atoms with van der Waals surface area (Å²) in [6.45, 7) is 1.00. The molecule has 3 rings (SSSR count). The van der Waals surface area contributed by atoms with E-state index >= 15 is 0 Å². The topological polar surface area (TPSA) is 79.6 Å². The predicted octanol–water partition coefficient (Wildman–Crippen LogP) is 3.83. The number of hydrogen-bond donors (Lipinski definition) is 0. The lowest BCUT2D eigenvalue weighted by Crippen LogP contribution is -2.37. The van der Waals surface area contributed by atoms with Crippen LogP contribution >= 0.6 is 23.7 Å². The van der Waals surface area contributed by atoms with Gasteiger partial charge in [0.2, 0.25) is 0 Å². The highest BCUT2D eigenvalue weighted by Crippen LogP contribution is 2.30. The van der Waals surface area contributed by atoms with E-state index in [4.69, 9.17) is 0 Å². The molecule has 0 saturated heterocycles. The number of benzene rings is 2. The normalized spacial score (nSPS) is 10.6. The van der Waals surface area contributed by atoms with Gasteiger partial charge in [-0.05, 0) is 32.3 Å². The summed E-state index contributed by atoms with van der Waals surface area (Å²) in [4.78, 5) is 31.9. The molecule has 0 atom stereocenters. The van der Waals surface area contributed by atoms with Gasteiger partial charge in [0.1, 0.15) is 5.56 Å². The Balaban J connectivity index is 0.00000261. The van der Waals surface area contributed by atoms with E-state index in [-0.39, 0.29) is 23.7 Å². The second-order valence-corrected chi connectivity index (χ2v) is 7.01. The quantitative estimate of drug-likeness (QED) is 0.459. The average Bonchev–Trinajstić information content (AvgIpc) is 3.05. The number of nitro benzene ring substituents is 1. The molecule has 7 nitrogen and oxygen atoms in total. The third-order valence-electron chi connectivity index (χ3n) is 3.86. The van der Waals surface area contributed by atoms with Gasteiger partial charge in [0.25, 0.3) is 11.6 Å². The summed E-state index contributed by atoms with van der Waals surface area (Å²) in [5.41, 5.74) is 0.668. The maximum Gasteiger partial charge on any atom is 0.282 e. The number of halogens is 1. The van der Waals surface area contributed by atoms with Crippen molar-refractivity contribution in [1.29, 1.82) is 0 Å². The van der Waals surface area contributed by atoms with Gasteiger partial charge in [-0.15, -0.1) is 12.4 Å². The molecule has 0 spiro atoms. The van der Waals surface area contributed by atoms with Crippen molar-refractivity contribution in [3.8, 4) is 0 Å². The smallest absolute Gasteiger partial charge is 0.282 e. The van der Waals surface area contributed by atoms with E-state index in [9.17, 15) is 14.9 Å². The number of likely N-dealkylation sites (N-methyl/N-ethyl adjacent to an activating group) is 1. The van der Waals surface area contributed by atoms with Crippen molar-refractivity contribution < 1.29 is 9.72 Å². The van der Waals surface area contributed by atoms with Gasteiger partial charge < -0.3 is 4.90 Å². The highest BCUT2D eigenvalue weighted by atomic mass is 35.5. The van der Waals surface area contributed by atoms with E-state index in [1.165, 1.54) is 28.4 Å². The van der Waals surface area contributed by atoms with Crippen LogP contribution in [0.5, 0.6) is 0 Å². The highest BCUT2D eigenvalue weighted by Gasteiger charge is 2.27. The van der Waals surface area contributed by atoms with E-state index in [1.54, 1.807) is 12.1 Å². The van der Waals surface area contributed by atoms with E-state index in [0.717, 1.165) is 10.2 Å². The van der Waals surface area contributed by atoms with Crippen LogP contribution < -0.4 is 4.90 Å². The van der Waals surface area contributed by atoms with Gasteiger partial charge in [-0.1, -0.05) is 35.6 Å². The average molecular weight is 407 g/mol. The van der Waals surface area contributed by atoms with Crippen molar-refractivity contribution >= 4 is 50.7 Å². The molecule has 2 aromatic carbocycles.